The van der Waals surface area contributed by atoms with Crippen molar-refractivity contribution in [3.05, 3.63) is 34.9 Å². The Balaban J connectivity index is 0.000000337. The molecule has 0 bridgehead atoms. The van der Waals surface area contributed by atoms with E-state index in [0.29, 0.717) is 13.2 Å². The van der Waals surface area contributed by atoms with E-state index in [1.807, 2.05) is 0 Å². The topological polar surface area (TPSA) is 35.2 Å². The molecule has 1 heterocycles. The minimum atomic E-state index is 0.0636. The molecule has 1 aliphatic heterocycles. The largest absolute Gasteiger partial charge is 0.375 e. The van der Waals surface area contributed by atoms with Crippen LogP contribution in [0.3, 0.4) is 0 Å². The number of aryl methyl sites for hydroxylation is 1. The Hall–Kier alpha value is -0.860. The van der Waals surface area contributed by atoms with Crippen LogP contribution in [0.2, 0.25) is 0 Å². The van der Waals surface area contributed by atoms with Crippen molar-refractivity contribution in [3.8, 4) is 0 Å². The molecular weight excluding hydrogens is 186 g/mol. The van der Waals surface area contributed by atoms with Crippen molar-refractivity contribution in [3.63, 3.8) is 0 Å². The molecule has 1 aliphatic rings. The lowest BCUT2D eigenvalue weighted by Gasteiger charge is -2.22. The summed E-state index contributed by atoms with van der Waals surface area (Å²) in [6.07, 6.45) is 1.25. The Morgan fingerprint density at radius 1 is 1.40 bits per heavy atom. The molecule has 84 valence electrons. The van der Waals surface area contributed by atoms with E-state index in [0.717, 1.165) is 0 Å². The summed E-state index contributed by atoms with van der Waals surface area (Å²) in [4.78, 5) is 0. The summed E-state index contributed by atoms with van der Waals surface area (Å²) in [7, 11) is 0. The van der Waals surface area contributed by atoms with Crippen LogP contribution in [0.4, 0.5) is 0 Å². The van der Waals surface area contributed by atoms with Gasteiger partial charge in [-0.05, 0) is 18.1 Å². The van der Waals surface area contributed by atoms with Gasteiger partial charge in [0, 0.05) is 0 Å². The van der Waals surface area contributed by atoms with E-state index in [9.17, 15) is 0 Å². The van der Waals surface area contributed by atoms with Gasteiger partial charge in [0.15, 0.2) is 0 Å². The molecule has 0 amide bonds. The van der Waals surface area contributed by atoms with Crippen LogP contribution >= 0.6 is 0 Å². The lowest BCUT2D eigenvalue weighted by molar-refractivity contribution is 0.0924. The molecule has 2 N–H and O–H groups in total. The van der Waals surface area contributed by atoms with E-state index in [1.54, 1.807) is 0 Å². The quantitative estimate of drug-likeness (QED) is 0.710. The summed E-state index contributed by atoms with van der Waals surface area (Å²) in [5.74, 6) is 0. The highest BCUT2D eigenvalue weighted by Gasteiger charge is 2.16. The fraction of sp³-hybridized carbons (Fsp3) is 0.538. The van der Waals surface area contributed by atoms with Gasteiger partial charge in [-0.3, -0.25) is 0 Å². The summed E-state index contributed by atoms with van der Waals surface area (Å²) in [5, 5.41) is 0. The monoisotopic (exact) mass is 207 g/mol. The molecule has 1 aromatic rings. The first-order valence-electron chi connectivity index (χ1n) is 5.61. The molecule has 2 nitrogen and oxygen atoms in total. The maximum Gasteiger partial charge on any atom is 0.0721 e. The van der Waals surface area contributed by atoms with Crippen LogP contribution in [0, 0.1) is 6.92 Å². The van der Waals surface area contributed by atoms with Crippen LogP contribution in [0.15, 0.2) is 18.2 Å². The maximum absolute atomic E-state index is 5.89. The first-order chi connectivity index (χ1) is 7.19. The fourth-order valence-corrected chi connectivity index (χ4v) is 1.58. The summed E-state index contributed by atoms with van der Waals surface area (Å²) < 4.78 is 5.32. The fourth-order valence-electron chi connectivity index (χ4n) is 1.58. The molecule has 2 rings (SSSR count). The zero-order chi connectivity index (χ0) is 11.3. The number of hydrogen-bond donors (Lipinski definition) is 1. The molecular formula is C13H21NO. The summed E-state index contributed by atoms with van der Waals surface area (Å²) in [6.45, 7) is 7.70. The minimum Gasteiger partial charge on any atom is -0.375 e. The average molecular weight is 207 g/mol. The number of ether oxygens (including phenoxy) is 1. The Kier molecular flexibility index (Phi) is 4.79. The van der Waals surface area contributed by atoms with Gasteiger partial charge in [-0.2, -0.15) is 0 Å². The van der Waals surface area contributed by atoms with E-state index < -0.39 is 0 Å². The van der Waals surface area contributed by atoms with Gasteiger partial charge in [0.2, 0.25) is 0 Å². The molecule has 1 atom stereocenters. The normalized spacial score (nSPS) is 18.8. The van der Waals surface area contributed by atoms with Crippen LogP contribution in [0.5, 0.6) is 0 Å². The van der Waals surface area contributed by atoms with E-state index in [1.165, 1.54) is 23.1 Å². The zero-order valence-electron chi connectivity index (χ0n) is 9.92. The third kappa shape index (κ3) is 3.33. The molecule has 0 aliphatic carbocycles. The first-order valence-corrected chi connectivity index (χ1v) is 5.61. The number of hydrogen-bond acceptors (Lipinski definition) is 2. The molecule has 1 unspecified atom stereocenters. The van der Waals surface area contributed by atoms with E-state index in [-0.39, 0.29) is 6.04 Å². The lowest BCUT2D eigenvalue weighted by Crippen LogP contribution is -2.23. The number of fused-ring (bicyclic) bond motifs is 1. The highest BCUT2D eigenvalue weighted by molar-refractivity contribution is 5.34. The highest BCUT2D eigenvalue weighted by Crippen LogP contribution is 2.23. The van der Waals surface area contributed by atoms with Crippen LogP contribution in [0.25, 0.3) is 0 Å². The maximum atomic E-state index is 5.89. The Labute approximate surface area is 92.4 Å². The van der Waals surface area contributed by atoms with Crippen LogP contribution in [-0.2, 0) is 11.3 Å². The molecule has 0 spiro atoms. The SMILES string of the molecule is CCC.Cc1ccc2c(c1)C(N)COC2. The van der Waals surface area contributed by atoms with Crippen molar-refractivity contribution >= 4 is 0 Å². The molecule has 0 fully saturated rings. The van der Waals surface area contributed by atoms with Crippen LogP contribution in [0.1, 0.15) is 43.0 Å². The second-order valence-corrected chi connectivity index (χ2v) is 4.03. The van der Waals surface area contributed by atoms with Crippen molar-refractivity contribution in [2.24, 2.45) is 5.73 Å². The highest BCUT2D eigenvalue weighted by atomic mass is 16.5. The lowest BCUT2D eigenvalue weighted by atomic mass is 9.98. The third-order valence-corrected chi connectivity index (χ3v) is 2.26. The van der Waals surface area contributed by atoms with E-state index >= 15 is 0 Å². The molecule has 0 radical (unpaired) electrons. The summed E-state index contributed by atoms with van der Waals surface area (Å²) in [5.41, 5.74) is 9.65. The van der Waals surface area contributed by atoms with Gasteiger partial charge in [-0.15, -0.1) is 0 Å². The van der Waals surface area contributed by atoms with Crippen LogP contribution < -0.4 is 5.73 Å². The van der Waals surface area contributed by atoms with E-state index in [4.69, 9.17) is 10.5 Å². The van der Waals surface area contributed by atoms with Crippen LogP contribution in [-0.4, -0.2) is 6.61 Å². The van der Waals surface area contributed by atoms with Gasteiger partial charge >= 0.3 is 0 Å². The number of rotatable bonds is 0. The summed E-state index contributed by atoms with van der Waals surface area (Å²) >= 11 is 0. The molecule has 2 heteroatoms. The molecule has 0 aromatic heterocycles. The van der Waals surface area contributed by atoms with Gasteiger partial charge in [-0.25, -0.2) is 0 Å². The predicted molar refractivity (Wildman–Crippen MR) is 63.7 cm³/mol. The molecule has 0 saturated carbocycles. The predicted octanol–water partition coefficient (Wildman–Crippen LogP) is 2.94. The smallest absolute Gasteiger partial charge is 0.0721 e. The van der Waals surface area contributed by atoms with Gasteiger partial charge in [0.25, 0.3) is 0 Å². The van der Waals surface area contributed by atoms with Gasteiger partial charge in [-0.1, -0.05) is 44.0 Å². The molecule has 0 saturated heterocycles. The Bertz CT molecular complexity index is 309. The number of nitrogens with two attached hydrogens (primary N) is 1. The first kappa shape index (κ1) is 12.2. The van der Waals surface area contributed by atoms with Crippen molar-refractivity contribution in [1.29, 1.82) is 0 Å². The van der Waals surface area contributed by atoms with Gasteiger partial charge in [0.05, 0.1) is 19.3 Å². The van der Waals surface area contributed by atoms with Crippen molar-refractivity contribution in [2.75, 3.05) is 6.61 Å². The second kappa shape index (κ2) is 5.89. The molecule has 15 heavy (non-hydrogen) atoms. The third-order valence-electron chi connectivity index (χ3n) is 2.26. The molecule has 1 aromatic carbocycles. The van der Waals surface area contributed by atoms with Gasteiger partial charge in [0.1, 0.15) is 0 Å². The van der Waals surface area contributed by atoms with Crippen molar-refractivity contribution in [1.82, 2.24) is 0 Å². The standard InChI is InChI=1S/C10H13NO.C3H8/c1-7-2-3-8-5-12-6-10(11)9(8)4-7;1-3-2/h2-4,10H,5-6,11H2,1H3;3H2,1-2H3. The Morgan fingerprint density at radius 2 is 2.07 bits per heavy atom. The average Bonchev–Trinajstić information content (AvgIpc) is 2.21. The minimum absolute atomic E-state index is 0.0636. The van der Waals surface area contributed by atoms with Crippen molar-refractivity contribution in [2.45, 2.75) is 39.8 Å². The Morgan fingerprint density at radius 3 is 2.73 bits per heavy atom. The zero-order valence-corrected chi connectivity index (χ0v) is 9.92. The van der Waals surface area contributed by atoms with Crippen molar-refractivity contribution < 1.29 is 4.74 Å². The van der Waals surface area contributed by atoms with Gasteiger partial charge < -0.3 is 10.5 Å². The van der Waals surface area contributed by atoms with E-state index in [2.05, 4.69) is 39.0 Å². The second-order valence-electron chi connectivity index (χ2n) is 4.03. The summed E-state index contributed by atoms with van der Waals surface area (Å²) in [6, 6.07) is 6.42. The number of benzene rings is 1.